The second-order valence-corrected chi connectivity index (χ2v) is 6.42. The van der Waals surface area contributed by atoms with Gasteiger partial charge in [0, 0.05) is 16.3 Å². The molecule has 2 aromatic carbocycles. The Morgan fingerprint density at radius 1 is 0.964 bits per heavy atom. The maximum absolute atomic E-state index is 12.0. The number of carbonyl (C=O) groups is 2. The first kappa shape index (κ1) is 19.4. The number of aromatic nitrogens is 1. The van der Waals surface area contributed by atoms with E-state index < -0.39 is 0 Å². The fraction of sp³-hybridized carbons (Fsp3) is 0.0952. The number of benzene rings is 2. The molecule has 0 aliphatic rings. The highest BCUT2D eigenvalue weighted by Crippen LogP contribution is 2.18. The number of amides is 1. The monoisotopic (exact) mass is 395 g/mol. The molecule has 0 aliphatic heterocycles. The lowest BCUT2D eigenvalue weighted by Gasteiger charge is -2.09. The summed E-state index contributed by atoms with van der Waals surface area (Å²) in [5.41, 5.74) is 2.24. The lowest BCUT2D eigenvalue weighted by molar-refractivity contribution is -0.118. The van der Waals surface area contributed by atoms with Gasteiger partial charge in [0.15, 0.2) is 12.4 Å². The van der Waals surface area contributed by atoms with Crippen LogP contribution in [0, 0.1) is 0 Å². The quantitative estimate of drug-likeness (QED) is 0.567. The van der Waals surface area contributed by atoms with Crippen LogP contribution in [-0.2, 0) is 4.79 Å². The van der Waals surface area contributed by atoms with Crippen LogP contribution < -0.4 is 15.4 Å². The highest BCUT2D eigenvalue weighted by Gasteiger charge is 2.05. The summed E-state index contributed by atoms with van der Waals surface area (Å²) in [7, 11) is 0. The lowest BCUT2D eigenvalue weighted by Crippen LogP contribution is -2.20. The number of rotatable bonds is 7. The molecule has 0 saturated carbocycles. The van der Waals surface area contributed by atoms with E-state index >= 15 is 0 Å². The van der Waals surface area contributed by atoms with Crippen LogP contribution in [0.1, 0.15) is 17.3 Å². The topological polar surface area (TPSA) is 80.3 Å². The van der Waals surface area contributed by atoms with E-state index in [0.717, 1.165) is 11.4 Å². The normalized spacial score (nSPS) is 10.2. The number of hydrogen-bond donors (Lipinski definition) is 2. The minimum atomic E-state index is -0.317. The number of Topliss-reactive ketones (excluding diaryl/α,β-unsaturated/α-hetero) is 1. The Bertz CT molecular complexity index is 956. The van der Waals surface area contributed by atoms with Crippen LogP contribution in [0.25, 0.3) is 0 Å². The van der Waals surface area contributed by atoms with Crippen molar-refractivity contribution >= 4 is 40.5 Å². The molecule has 1 amide bonds. The fourth-order valence-electron chi connectivity index (χ4n) is 2.36. The number of hydrogen-bond acceptors (Lipinski definition) is 5. The number of nitrogens with one attached hydrogen (secondary N) is 2. The maximum Gasteiger partial charge on any atom is 0.263 e. The molecule has 0 bridgehead atoms. The molecule has 0 aliphatic carbocycles. The summed E-state index contributed by atoms with van der Waals surface area (Å²) < 4.78 is 5.39. The average Bonchev–Trinajstić information content (AvgIpc) is 2.69. The summed E-state index contributed by atoms with van der Waals surface area (Å²) >= 11 is 5.80. The number of halogens is 1. The van der Waals surface area contributed by atoms with Gasteiger partial charge in [0.1, 0.15) is 11.6 Å². The fourth-order valence-corrected chi connectivity index (χ4v) is 2.48. The van der Waals surface area contributed by atoms with Crippen LogP contribution in [-0.4, -0.2) is 23.3 Å². The average molecular weight is 396 g/mol. The van der Waals surface area contributed by atoms with Crippen molar-refractivity contribution in [3.05, 3.63) is 77.4 Å². The molecule has 2 N–H and O–H groups in total. The van der Waals surface area contributed by atoms with Gasteiger partial charge >= 0.3 is 0 Å². The molecule has 3 rings (SSSR count). The second kappa shape index (κ2) is 9.01. The molecule has 0 saturated heterocycles. The number of nitrogens with zero attached hydrogens (tertiary/aromatic N) is 1. The summed E-state index contributed by atoms with van der Waals surface area (Å²) in [4.78, 5) is 27.5. The summed E-state index contributed by atoms with van der Waals surface area (Å²) in [5, 5.41) is 6.45. The van der Waals surface area contributed by atoms with Gasteiger partial charge in [-0.15, -0.1) is 0 Å². The van der Waals surface area contributed by atoms with Gasteiger partial charge in [-0.2, -0.15) is 0 Å². The van der Waals surface area contributed by atoms with Crippen molar-refractivity contribution in [2.45, 2.75) is 6.92 Å². The highest BCUT2D eigenvalue weighted by atomic mass is 35.5. The Balaban J connectivity index is 1.51. The minimum Gasteiger partial charge on any atom is -0.484 e. The third-order valence-corrected chi connectivity index (χ3v) is 4.05. The van der Waals surface area contributed by atoms with Crippen LogP contribution in [0.2, 0.25) is 5.02 Å². The molecule has 6 nitrogen and oxygen atoms in total. The number of ketones is 1. The third kappa shape index (κ3) is 5.56. The molecule has 0 fully saturated rings. The summed E-state index contributed by atoms with van der Waals surface area (Å²) in [6, 6.07) is 17.4. The van der Waals surface area contributed by atoms with Crippen LogP contribution in [0.3, 0.4) is 0 Å². The van der Waals surface area contributed by atoms with E-state index in [1.165, 1.54) is 6.92 Å². The van der Waals surface area contributed by atoms with E-state index in [9.17, 15) is 9.59 Å². The van der Waals surface area contributed by atoms with E-state index in [0.29, 0.717) is 22.2 Å². The number of pyridine rings is 1. The third-order valence-electron chi connectivity index (χ3n) is 3.79. The van der Waals surface area contributed by atoms with E-state index in [-0.39, 0.29) is 18.3 Å². The summed E-state index contributed by atoms with van der Waals surface area (Å²) in [5.74, 6) is 0.682. The van der Waals surface area contributed by atoms with Gasteiger partial charge in [0.25, 0.3) is 5.91 Å². The number of carbonyl (C=O) groups excluding carboxylic acids is 2. The van der Waals surface area contributed by atoms with Crippen molar-refractivity contribution in [3.8, 4) is 5.75 Å². The first-order valence-corrected chi connectivity index (χ1v) is 8.90. The SMILES string of the molecule is CC(=O)c1ccc(Nc2ccc(NC(=O)COc3ccc(Cl)cc3)nc2)cc1. The first-order chi connectivity index (χ1) is 13.5. The van der Waals surface area contributed by atoms with E-state index in [1.54, 1.807) is 54.7 Å². The van der Waals surface area contributed by atoms with Gasteiger partial charge in [-0.3, -0.25) is 9.59 Å². The zero-order valence-electron chi connectivity index (χ0n) is 15.1. The first-order valence-electron chi connectivity index (χ1n) is 8.52. The van der Waals surface area contributed by atoms with Gasteiger partial charge < -0.3 is 15.4 Å². The van der Waals surface area contributed by atoms with E-state index in [4.69, 9.17) is 16.3 Å². The van der Waals surface area contributed by atoms with Gasteiger partial charge in [-0.1, -0.05) is 11.6 Å². The van der Waals surface area contributed by atoms with Gasteiger partial charge in [0.2, 0.25) is 0 Å². The lowest BCUT2D eigenvalue weighted by atomic mass is 10.1. The Morgan fingerprint density at radius 3 is 2.25 bits per heavy atom. The zero-order valence-corrected chi connectivity index (χ0v) is 15.9. The summed E-state index contributed by atoms with van der Waals surface area (Å²) in [6.45, 7) is 1.39. The predicted molar refractivity (Wildman–Crippen MR) is 110 cm³/mol. The standard InChI is InChI=1S/C21H18ClN3O3/c1-14(26)15-2-6-17(7-3-15)24-18-8-11-20(23-12-18)25-21(27)13-28-19-9-4-16(22)5-10-19/h2-12,24H,13H2,1H3,(H,23,25,27). The van der Waals surface area contributed by atoms with Crippen LogP contribution in [0.15, 0.2) is 66.9 Å². The molecule has 1 aromatic heterocycles. The predicted octanol–water partition coefficient (Wildman–Crippen LogP) is 4.70. The van der Waals surface area contributed by atoms with Crippen molar-refractivity contribution in [1.82, 2.24) is 4.98 Å². The molecule has 3 aromatic rings. The minimum absolute atomic E-state index is 0.0216. The van der Waals surface area contributed by atoms with E-state index in [2.05, 4.69) is 15.6 Å². The second-order valence-electron chi connectivity index (χ2n) is 5.98. The van der Waals surface area contributed by atoms with Crippen LogP contribution in [0.4, 0.5) is 17.2 Å². The van der Waals surface area contributed by atoms with Crippen molar-refractivity contribution in [1.29, 1.82) is 0 Å². The van der Waals surface area contributed by atoms with Crippen LogP contribution in [0.5, 0.6) is 5.75 Å². The molecule has 0 unspecified atom stereocenters. The molecule has 142 valence electrons. The summed E-state index contributed by atoms with van der Waals surface area (Å²) in [6.07, 6.45) is 1.61. The maximum atomic E-state index is 12.0. The van der Waals surface area contributed by atoms with E-state index in [1.807, 2.05) is 12.1 Å². The molecule has 0 spiro atoms. The van der Waals surface area contributed by atoms with Crippen molar-refractivity contribution < 1.29 is 14.3 Å². The van der Waals surface area contributed by atoms with Crippen LogP contribution >= 0.6 is 11.6 Å². The van der Waals surface area contributed by atoms with Crippen molar-refractivity contribution in [3.63, 3.8) is 0 Å². The molecular formula is C21H18ClN3O3. The van der Waals surface area contributed by atoms with Gasteiger partial charge in [0.05, 0.1) is 11.9 Å². The number of anilines is 3. The van der Waals surface area contributed by atoms with Crippen molar-refractivity contribution in [2.75, 3.05) is 17.2 Å². The zero-order chi connectivity index (χ0) is 19.9. The van der Waals surface area contributed by atoms with Gasteiger partial charge in [-0.25, -0.2) is 4.98 Å². The Hall–Kier alpha value is -3.38. The Labute approximate surface area is 167 Å². The molecule has 0 radical (unpaired) electrons. The molecule has 7 heteroatoms. The molecule has 28 heavy (non-hydrogen) atoms. The molecule has 1 heterocycles. The Kier molecular flexibility index (Phi) is 6.24. The van der Waals surface area contributed by atoms with Gasteiger partial charge in [-0.05, 0) is 67.6 Å². The Morgan fingerprint density at radius 2 is 1.64 bits per heavy atom. The molecular weight excluding hydrogens is 378 g/mol. The van der Waals surface area contributed by atoms with Crippen molar-refractivity contribution in [2.24, 2.45) is 0 Å². The largest absolute Gasteiger partial charge is 0.484 e. The number of ether oxygens (including phenoxy) is 1. The smallest absolute Gasteiger partial charge is 0.263 e. The highest BCUT2D eigenvalue weighted by molar-refractivity contribution is 6.30. The molecule has 0 atom stereocenters.